The SMILES string of the molecule is CCN(C1CC1)C(C)c1ccc(N)cc1. The van der Waals surface area contributed by atoms with E-state index in [9.17, 15) is 0 Å². The van der Waals surface area contributed by atoms with Crippen molar-refractivity contribution in [3.63, 3.8) is 0 Å². The standard InChI is InChI=1S/C13H20N2/c1-3-15(13-8-9-13)10(2)11-4-6-12(14)7-5-11/h4-7,10,13H,3,8-9,14H2,1-2H3. The molecule has 2 nitrogen and oxygen atoms in total. The molecule has 0 spiro atoms. The number of hydrogen-bond acceptors (Lipinski definition) is 2. The van der Waals surface area contributed by atoms with Crippen molar-refractivity contribution in [3.05, 3.63) is 29.8 Å². The Kier molecular flexibility index (Phi) is 2.96. The zero-order chi connectivity index (χ0) is 10.8. The predicted octanol–water partition coefficient (Wildman–Crippen LogP) is 2.81. The summed E-state index contributed by atoms with van der Waals surface area (Å²) in [7, 11) is 0. The maximum absolute atomic E-state index is 5.69. The summed E-state index contributed by atoms with van der Waals surface area (Å²) in [5.41, 5.74) is 7.91. The minimum atomic E-state index is 0.517. The van der Waals surface area contributed by atoms with Gasteiger partial charge in [0.25, 0.3) is 0 Å². The maximum Gasteiger partial charge on any atom is 0.0322 e. The fourth-order valence-corrected chi connectivity index (χ4v) is 2.22. The monoisotopic (exact) mass is 204 g/mol. The van der Waals surface area contributed by atoms with Crippen molar-refractivity contribution in [1.29, 1.82) is 0 Å². The number of benzene rings is 1. The normalized spacial score (nSPS) is 18.1. The number of nitrogen functional groups attached to an aromatic ring is 1. The van der Waals surface area contributed by atoms with Crippen LogP contribution in [0, 0.1) is 0 Å². The fraction of sp³-hybridized carbons (Fsp3) is 0.538. The number of nitrogens with zero attached hydrogens (tertiary/aromatic N) is 1. The van der Waals surface area contributed by atoms with Crippen molar-refractivity contribution in [3.8, 4) is 0 Å². The Morgan fingerprint density at radius 3 is 2.40 bits per heavy atom. The van der Waals surface area contributed by atoms with Gasteiger partial charge in [-0.2, -0.15) is 0 Å². The smallest absolute Gasteiger partial charge is 0.0322 e. The van der Waals surface area contributed by atoms with E-state index in [1.165, 1.54) is 18.4 Å². The van der Waals surface area contributed by atoms with Crippen LogP contribution in [0.5, 0.6) is 0 Å². The molecular weight excluding hydrogens is 184 g/mol. The molecule has 0 heterocycles. The lowest BCUT2D eigenvalue weighted by Gasteiger charge is -2.28. The summed E-state index contributed by atoms with van der Waals surface area (Å²) in [4.78, 5) is 2.57. The van der Waals surface area contributed by atoms with Crippen LogP contribution in [0.25, 0.3) is 0 Å². The van der Waals surface area contributed by atoms with Gasteiger partial charge in [0.15, 0.2) is 0 Å². The van der Waals surface area contributed by atoms with Crippen LogP contribution in [0.3, 0.4) is 0 Å². The lowest BCUT2D eigenvalue weighted by molar-refractivity contribution is 0.211. The van der Waals surface area contributed by atoms with Gasteiger partial charge in [-0.3, -0.25) is 4.90 Å². The van der Waals surface area contributed by atoms with Crippen LogP contribution < -0.4 is 5.73 Å². The highest BCUT2D eigenvalue weighted by molar-refractivity contribution is 5.40. The third-order valence-electron chi connectivity index (χ3n) is 3.30. The second-order valence-electron chi connectivity index (χ2n) is 4.40. The molecule has 1 fully saturated rings. The van der Waals surface area contributed by atoms with Gasteiger partial charge >= 0.3 is 0 Å². The maximum atomic E-state index is 5.69. The van der Waals surface area contributed by atoms with Crippen LogP contribution in [0.2, 0.25) is 0 Å². The molecule has 2 heteroatoms. The van der Waals surface area contributed by atoms with E-state index in [1.54, 1.807) is 0 Å². The first-order chi connectivity index (χ1) is 7.22. The Bertz CT molecular complexity index is 314. The lowest BCUT2D eigenvalue weighted by atomic mass is 10.1. The van der Waals surface area contributed by atoms with Gasteiger partial charge in [0.2, 0.25) is 0 Å². The highest BCUT2D eigenvalue weighted by atomic mass is 15.2. The molecule has 0 bridgehead atoms. The van der Waals surface area contributed by atoms with Gasteiger partial charge in [-0.05, 0) is 44.0 Å². The Labute approximate surface area is 92.1 Å². The average molecular weight is 204 g/mol. The van der Waals surface area contributed by atoms with E-state index in [-0.39, 0.29) is 0 Å². The van der Waals surface area contributed by atoms with E-state index in [4.69, 9.17) is 5.73 Å². The number of hydrogen-bond donors (Lipinski definition) is 1. The molecule has 0 saturated heterocycles. The number of nitrogens with two attached hydrogens (primary N) is 1. The zero-order valence-corrected chi connectivity index (χ0v) is 9.61. The molecular formula is C13H20N2. The molecule has 0 aliphatic heterocycles. The van der Waals surface area contributed by atoms with Crippen LogP contribution in [-0.4, -0.2) is 17.5 Å². The zero-order valence-electron chi connectivity index (χ0n) is 9.61. The summed E-state index contributed by atoms with van der Waals surface area (Å²) in [5.74, 6) is 0. The van der Waals surface area contributed by atoms with E-state index >= 15 is 0 Å². The molecule has 1 atom stereocenters. The van der Waals surface area contributed by atoms with Crippen LogP contribution in [0.1, 0.15) is 38.3 Å². The van der Waals surface area contributed by atoms with E-state index in [1.807, 2.05) is 12.1 Å². The predicted molar refractivity (Wildman–Crippen MR) is 64.7 cm³/mol. The van der Waals surface area contributed by atoms with Gasteiger partial charge in [0, 0.05) is 17.8 Å². The first-order valence-corrected chi connectivity index (χ1v) is 5.83. The van der Waals surface area contributed by atoms with E-state index in [0.29, 0.717) is 6.04 Å². The third-order valence-corrected chi connectivity index (χ3v) is 3.30. The van der Waals surface area contributed by atoms with Crippen molar-refractivity contribution >= 4 is 5.69 Å². The summed E-state index contributed by atoms with van der Waals surface area (Å²) in [6, 6.07) is 9.61. The molecule has 2 N–H and O–H groups in total. The highest BCUT2D eigenvalue weighted by Crippen LogP contribution is 2.33. The molecule has 0 amide bonds. The molecule has 82 valence electrons. The van der Waals surface area contributed by atoms with Gasteiger partial charge in [0.1, 0.15) is 0 Å². The van der Waals surface area contributed by atoms with Gasteiger partial charge < -0.3 is 5.73 Å². The van der Waals surface area contributed by atoms with Crippen LogP contribution in [0.4, 0.5) is 5.69 Å². The average Bonchev–Trinajstić information content (AvgIpc) is 3.04. The van der Waals surface area contributed by atoms with Gasteiger partial charge in [-0.1, -0.05) is 19.1 Å². The molecule has 2 rings (SSSR count). The Hall–Kier alpha value is -1.02. The molecule has 0 radical (unpaired) electrons. The molecule has 1 saturated carbocycles. The summed E-state index contributed by atoms with van der Waals surface area (Å²) in [6.45, 7) is 5.66. The van der Waals surface area contributed by atoms with Gasteiger partial charge in [-0.25, -0.2) is 0 Å². The van der Waals surface area contributed by atoms with Gasteiger partial charge in [-0.15, -0.1) is 0 Å². The van der Waals surface area contributed by atoms with Gasteiger partial charge in [0.05, 0.1) is 0 Å². The van der Waals surface area contributed by atoms with E-state index < -0.39 is 0 Å². The summed E-state index contributed by atoms with van der Waals surface area (Å²) >= 11 is 0. The quantitative estimate of drug-likeness (QED) is 0.764. The second kappa shape index (κ2) is 4.23. The summed E-state index contributed by atoms with van der Waals surface area (Å²) in [5, 5.41) is 0. The van der Waals surface area contributed by atoms with E-state index in [2.05, 4.69) is 30.9 Å². The Morgan fingerprint density at radius 1 is 1.33 bits per heavy atom. The van der Waals surface area contributed by atoms with Crippen LogP contribution in [-0.2, 0) is 0 Å². The number of anilines is 1. The lowest BCUT2D eigenvalue weighted by Crippen LogP contribution is -2.28. The molecule has 1 aliphatic carbocycles. The summed E-state index contributed by atoms with van der Waals surface area (Å²) in [6.07, 6.45) is 2.74. The second-order valence-corrected chi connectivity index (χ2v) is 4.40. The molecule has 1 aliphatic rings. The molecule has 15 heavy (non-hydrogen) atoms. The van der Waals surface area contributed by atoms with Crippen molar-refractivity contribution < 1.29 is 0 Å². The minimum absolute atomic E-state index is 0.517. The molecule has 1 unspecified atom stereocenters. The van der Waals surface area contributed by atoms with Crippen LogP contribution in [0.15, 0.2) is 24.3 Å². The first kappa shape index (κ1) is 10.5. The molecule has 1 aromatic carbocycles. The van der Waals surface area contributed by atoms with Crippen molar-refractivity contribution in [1.82, 2.24) is 4.90 Å². The third kappa shape index (κ3) is 2.32. The van der Waals surface area contributed by atoms with Crippen molar-refractivity contribution in [2.24, 2.45) is 0 Å². The van der Waals surface area contributed by atoms with E-state index in [0.717, 1.165) is 18.3 Å². The summed E-state index contributed by atoms with van der Waals surface area (Å²) < 4.78 is 0. The first-order valence-electron chi connectivity index (χ1n) is 5.83. The Morgan fingerprint density at radius 2 is 1.93 bits per heavy atom. The topological polar surface area (TPSA) is 29.3 Å². The largest absolute Gasteiger partial charge is 0.399 e. The molecule has 0 aromatic heterocycles. The molecule has 1 aromatic rings. The highest BCUT2D eigenvalue weighted by Gasteiger charge is 2.31. The minimum Gasteiger partial charge on any atom is -0.399 e. The number of rotatable bonds is 4. The van der Waals surface area contributed by atoms with Crippen molar-refractivity contribution in [2.75, 3.05) is 12.3 Å². The van der Waals surface area contributed by atoms with Crippen LogP contribution >= 0.6 is 0 Å². The Balaban J connectivity index is 2.11. The fourth-order valence-electron chi connectivity index (χ4n) is 2.22. The van der Waals surface area contributed by atoms with Crippen molar-refractivity contribution in [2.45, 2.75) is 38.8 Å².